The summed E-state index contributed by atoms with van der Waals surface area (Å²) in [6, 6.07) is 11.4. The minimum absolute atomic E-state index is 0.00239. The largest absolute Gasteiger partial charge is 0.354 e. The van der Waals surface area contributed by atoms with Crippen molar-refractivity contribution in [2.75, 3.05) is 33.7 Å². The van der Waals surface area contributed by atoms with Crippen LogP contribution in [0.3, 0.4) is 0 Å². The van der Waals surface area contributed by atoms with Crippen LogP contribution in [0.5, 0.6) is 0 Å². The van der Waals surface area contributed by atoms with Crippen molar-refractivity contribution < 1.29 is 9.59 Å². The van der Waals surface area contributed by atoms with Crippen molar-refractivity contribution in [3.05, 3.63) is 57.2 Å². The van der Waals surface area contributed by atoms with Gasteiger partial charge in [-0.3, -0.25) is 9.59 Å². The van der Waals surface area contributed by atoms with Crippen LogP contribution in [-0.4, -0.2) is 55.3 Å². The number of thiophene rings is 1. The minimum Gasteiger partial charge on any atom is -0.354 e. The van der Waals surface area contributed by atoms with Crippen molar-refractivity contribution in [3.63, 3.8) is 0 Å². The highest BCUT2D eigenvalue weighted by molar-refractivity contribution is 7.12. The van der Waals surface area contributed by atoms with Gasteiger partial charge in [-0.25, -0.2) is 0 Å². The molecule has 2 heterocycles. The van der Waals surface area contributed by atoms with Gasteiger partial charge in [0, 0.05) is 24.7 Å². The monoisotopic (exact) mass is 419 g/mol. The molecule has 0 spiro atoms. The van der Waals surface area contributed by atoms with E-state index in [1.54, 1.807) is 4.90 Å². The molecule has 7 heteroatoms. The van der Waals surface area contributed by atoms with E-state index < -0.39 is 0 Å². The van der Waals surface area contributed by atoms with Crippen LogP contribution < -0.4 is 5.32 Å². The van der Waals surface area contributed by atoms with Crippen LogP contribution in [-0.2, 0) is 4.79 Å². The number of carbonyl (C=O) groups is 2. The highest BCUT2D eigenvalue weighted by Gasteiger charge is 2.30. The van der Waals surface area contributed by atoms with Crippen LogP contribution in [0.15, 0.2) is 41.8 Å². The van der Waals surface area contributed by atoms with E-state index in [9.17, 15) is 9.59 Å². The minimum atomic E-state index is -0.174. The molecule has 5 nitrogen and oxygen atoms in total. The predicted molar refractivity (Wildman–Crippen MR) is 114 cm³/mol. The Morgan fingerprint density at radius 2 is 2.07 bits per heavy atom. The number of benzene rings is 1. The van der Waals surface area contributed by atoms with Gasteiger partial charge in [0.15, 0.2) is 0 Å². The first kappa shape index (κ1) is 20.8. The number of rotatable bonds is 6. The zero-order valence-corrected chi connectivity index (χ0v) is 17.8. The molecule has 3 rings (SSSR count). The SMILES string of the molecule is CN(C)[C@@H](CNC(=O)[C@@H]1CCCN(C(=O)c2cccs2)C1)c1ccccc1Cl. The van der Waals surface area contributed by atoms with Gasteiger partial charge in [0.05, 0.1) is 16.8 Å². The number of likely N-dealkylation sites (tertiary alicyclic amines) is 1. The van der Waals surface area contributed by atoms with E-state index in [-0.39, 0.29) is 23.8 Å². The summed E-state index contributed by atoms with van der Waals surface area (Å²) >= 11 is 7.79. The molecule has 0 saturated carbocycles. The van der Waals surface area contributed by atoms with Crippen LogP contribution in [0.4, 0.5) is 0 Å². The predicted octanol–water partition coefficient (Wildman–Crippen LogP) is 3.67. The van der Waals surface area contributed by atoms with Crippen LogP contribution >= 0.6 is 22.9 Å². The van der Waals surface area contributed by atoms with E-state index in [4.69, 9.17) is 11.6 Å². The molecule has 150 valence electrons. The van der Waals surface area contributed by atoms with Crippen LogP contribution in [0.25, 0.3) is 0 Å². The second kappa shape index (κ2) is 9.54. The molecule has 28 heavy (non-hydrogen) atoms. The molecule has 1 aromatic carbocycles. The highest BCUT2D eigenvalue weighted by Crippen LogP contribution is 2.26. The van der Waals surface area contributed by atoms with Crippen LogP contribution in [0.1, 0.15) is 34.1 Å². The average Bonchev–Trinajstić information content (AvgIpc) is 3.23. The van der Waals surface area contributed by atoms with Gasteiger partial charge < -0.3 is 15.1 Å². The molecule has 1 N–H and O–H groups in total. The first-order valence-corrected chi connectivity index (χ1v) is 10.7. The van der Waals surface area contributed by atoms with Crippen LogP contribution in [0, 0.1) is 5.92 Å². The van der Waals surface area contributed by atoms with E-state index in [2.05, 4.69) is 10.2 Å². The van der Waals surface area contributed by atoms with Crippen LogP contribution in [0.2, 0.25) is 5.02 Å². The lowest BCUT2D eigenvalue weighted by Gasteiger charge is -2.32. The van der Waals surface area contributed by atoms with E-state index in [1.807, 2.05) is 55.9 Å². The number of halogens is 1. The Hall–Kier alpha value is -1.89. The number of carbonyl (C=O) groups excluding carboxylic acids is 2. The molecule has 2 amide bonds. The lowest BCUT2D eigenvalue weighted by atomic mass is 9.96. The molecule has 0 bridgehead atoms. The molecule has 0 aliphatic carbocycles. The molecule has 1 aliphatic heterocycles. The molecular weight excluding hydrogens is 394 g/mol. The number of piperidine rings is 1. The maximum atomic E-state index is 12.8. The van der Waals surface area contributed by atoms with Crippen molar-refractivity contribution in [2.24, 2.45) is 5.92 Å². The van der Waals surface area contributed by atoms with Gasteiger partial charge in [0.2, 0.25) is 5.91 Å². The van der Waals surface area contributed by atoms with Gasteiger partial charge in [-0.05, 0) is 50.0 Å². The topological polar surface area (TPSA) is 52.7 Å². The fraction of sp³-hybridized carbons (Fsp3) is 0.429. The fourth-order valence-corrected chi connectivity index (χ4v) is 4.54. The number of amides is 2. The molecule has 1 saturated heterocycles. The Balaban J connectivity index is 1.60. The van der Waals surface area contributed by atoms with Gasteiger partial charge in [-0.2, -0.15) is 0 Å². The van der Waals surface area contributed by atoms with Gasteiger partial charge >= 0.3 is 0 Å². The van der Waals surface area contributed by atoms with Gasteiger partial charge in [-0.15, -0.1) is 11.3 Å². The zero-order chi connectivity index (χ0) is 20.1. The molecule has 0 unspecified atom stereocenters. The smallest absolute Gasteiger partial charge is 0.263 e. The molecule has 1 aromatic heterocycles. The normalized spacial score (nSPS) is 18.1. The highest BCUT2D eigenvalue weighted by atomic mass is 35.5. The Kier molecular flexibility index (Phi) is 7.10. The third-order valence-corrected chi connectivity index (χ3v) is 6.37. The molecule has 2 atom stereocenters. The summed E-state index contributed by atoms with van der Waals surface area (Å²) in [4.78, 5) is 30.0. The van der Waals surface area contributed by atoms with Gasteiger partial charge in [0.25, 0.3) is 5.91 Å². The Bertz CT molecular complexity index is 810. The zero-order valence-electron chi connectivity index (χ0n) is 16.2. The number of likely N-dealkylation sites (N-methyl/N-ethyl adjacent to an activating group) is 1. The van der Waals surface area contributed by atoms with E-state index in [0.717, 1.165) is 23.3 Å². The number of nitrogens with one attached hydrogen (secondary N) is 1. The van der Waals surface area contributed by atoms with Gasteiger partial charge in [-0.1, -0.05) is 35.9 Å². The van der Waals surface area contributed by atoms with Gasteiger partial charge in [0.1, 0.15) is 0 Å². The summed E-state index contributed by atoms with van der Waals surface area (Å²) in [5.74, 6) is -0.149. The van der Waals surface area contributed by atoms with E-state index in [1.165, 1.54) is 11.3 Å². The van der Waals surface area contributed by atoms with Crippen molar-refractivity contribution in [2.45, 2.75) is 18.9 Å². The Labute approximate surface area is 175 Å². The lowest BCUT2D eigenvalue weighted by molar-refractivity contribution is -0.126. The molecule has 1 fully saturated rings. The first-order chi connectivity index (χ1) is 13.5. The summed E-state index contributed by atoms with van der Waals surface area (Å²) < 4.78 is 0. The molecule has 0 radical (unpaired) electrons. The molecule has 2 aromatic rings. The molecular formula is C21H26ClN3O2S. The maximum absolute atomic E-state index is 12.8. The van der Waals surface area contributed by atoms with Crippen molar-refractivity contribution in [3.8, 4) is 0 Å². The van der Waals surface area contributed by atoms with E-state index >= 15 is 0 Å². The third kappa shape index (κ3) is 4.93. The summed E-state index contributed by atoms with van der Waals surface area (Å²) in [6.45, 7) is 1.66. The maximum Gasteiger partial charge on any atom is 0.263 e. The summed E-state index contributed by atoms with van der Waals surface area (Å²) in [5.41, 5.74) is 0.993. The molecule has 1 aliphatic rings. The number of nitrogens with zero attached hydrogens (tertiary/aromatic N) is 2. The first-order valence-electron chi connectivity index (χ1n) is 9.48. The number of hydrogen-bond acceptors (Lipinski definition) is 4. The van der Waals surface area contributed by atoms with Crippen molar-refractivity contribution >= 4 is 34.8 Å². The van der Waals surface area contributed by atoms with Crippen molar-refractivity contribution in [1.82, 2.24) is 15.1 Å². The Morgan fingerprint density at radius 3 is 2.75 bits per heavy atom. The average molecular weight is 420 g/mol. The summed E-state index contributed by atoms with van der Waals surface area (Å²) in [5, 5.41) is 5.67. The lowest BCUT2D eigenvalue weighted by Crippen LogP contribution is -2.46. The Morgan fingerprint density at radius 1 is 1.29 bits per heavy atom. The second-order valence-electron chi connectivity index (χ2n) is 7.31. The quantitative estimate of drug-likeness (QED) is 0.777. The number of hydrogen-bond donors (Lipinski definition) is 1. The second-order valence-corrected chi connectivity index (χ2v) is 8.67. The summed E-state index contributed by atoms with van der Waals surface area (Å²) in [6.07, 6.45) is 1.65. The summed E-state index contributed by atoms with van der Waals surface area (Å²) in [7, 11) is 3.95. The third-order valence-electron chi connectivity index (χ3n) is 5.17. The van der Waals surface area contributed by atoms with E-state index in [0.29, 0.717) is 24.7 Å². The van der Waals surface area contributed by atoms with Crippen molar-refractivity contribution in [1.29, 1.82) is 0 Å². The fourth-order valence-electron chi connectivity index (χ4n) is 3.59. The standard InChI is InChI=1S/C21H26ClN3O2S/c1-24(2)18(16-8-3-4-9-17(16)22)13-23-20(26)15-7-5-11-25(14-15)21(27)19-10-6-12-28-19/h3-4,6,8-10,12,15,18H,5,7,11,13-14H2,1-2H3,(H,23,26)/t15-,18+/m1/s1.